The summed E-state index contributed by atoms with van der Waals surface area (Å²) in [6.07, 6.45) is 7.01. The Morgan fingerprint density at radius 3 is 2.72 bits per heavy atom. The van der Waals surface area contributed by atoms with E-state index < -0.39 is 11.4 Å². The van der Waals surface area contributed by atoms with Crippen LogP contribution in [-0.2, 0) is 9.53 Å². The fraction of sp³-hybridized carbons (Fsp3) is 0.483. The summed E-state index contributed by atoms with van der Waals surface area (Å²) < 4.78 is 31.6. The average molecular weight is 557 g/mol. The Kier molecular flexibility index (Phi) is 8.37. The third kappa shape index (κ3) is 7.08. The molecule has 0 radical (unpaired) electrons. The van der Waals surface area contributed by atoms with Gasteiger partial charge in [0.15, 0.2) is 11.5 Å². The Morgan fingerprint density at radius 1 is 1.15 bits per heavy atom. The van der Waals surface area contributed by atoms with Gasteiger partial charge in [0, 0.05) is 30.2 Å². The first kappa shape index (κ1) is 27.4. The van der Waals surface area contributed by atoms with Crippen LogP contribution in [0.4, 0.5) is 15.9 Å². The zero-order chi connectivity index (χ0) is 27.4. The van der Waals surface area contributed by atoms with Crippen molar-refractivity contribution in [2.24, 2.45) is 5.92 Å². The molecule has 208 valence electrons. The first-order valence-corrected chi connectivity index (χ1v) is 13.8. The molecule has 8 nitrogen and oxygen atoms in total. The van der Waals surface area contributed by atoms with Crippen molar-refractivity contribution in [2.45, 2.75) is 51.6 Å². The molecule has 0 spiro atoms. The Balaban J connectivity index is 1.33. The molecule has 0 bridgehead atoms. The molecular formula is C29H34ClFN4O4. The van der Waals surface area contributed by atoms with Gasteiger partial charge >= 0.3 is 5.97 Å². The number of cyclic esters (lactones) is 1. The molecule has 39 heavy (non-hydrogen) atoms. The zero-order valence-corrected chi connectivity index (χ0v) is 23.1. The van der Waals surface area contributed by atoms with Crippen LogP contribution in [0, 0.1) is 11.7 Å². The third-order valence-electron chi connectivity index (χ3n) is 7.06. The van der Waals surface area contributed by atoms with Gasteiger partial charge in [-0.05, 0) is 63.3 Å². The zero-order valence-electron chi connectivity index (χ0n) is 22.3. The molecule has 0 atom stereocenters. The van der Waals surface area contributed by atoms with Crippen molar-refractivity contribution in [1.29, 1.82) is 0 Å². The van der Waals surface area contributed by atoms with Crippen molar-refractivity contribution in [1.82, 2.24) is 14.9 Å². The standard InChI is InChI=1S/C29H34ClFN4O4/c1-29(2)17-35(15-27(36)39-29)10-5-11-37-26-14-24-21(13-25(26)38-16-19-6-3-4-7-19)28(33-18-32-24)34-20-8-9-23(31)22(30)12-20/h8-9,12-14,18-19H,3-7,10-11,15-17H2,1-2H3,(H,32,33,34). The number of anilines is 2. The fourth-order valence-electron chi connectivity index (χ4n) is 5.26. The van der Waals surface area contributed by atoms with Crippen molar-refractivity contribution in [3.8, 4) is 11.5 Å². The highest BCUT2D eigenvalue weighted by atomic mass is 35.5. The van der Waals surface area contributed by atoms with Crippen LogP contribution in [0.3, 0.4) is 0 Å². The fourth-order valence-corrected chi connectivity index (χ4v) is 5.44. The summed E-state index contributed by atoms with van der Waals surface area (Å²) in [4.78, 5) is 22.9. The van der Waals surface area contributed by atoms with Crippen LogP contribution < -0.4 is 14.8 Å². The number of benzene rings is 2. The van der Waals surface area contributed by atoms with E-state index in [1.54, 1.807) is 6.07 Å². The van der Waals surface area contributed by atoms with Gasteiger partial charge in [-0.1, -0.05) is 24.4 Å². The van der Waals surface area contributed by atoms with Crippen LogP contribution in [0.1, 0.15) is 46.0 Å². The lowest BCUT2D eigenvalue weighted by molar-refractivity contribution is -0.169. The van der Waals surface area contributed by atoms with E-state index in [0.717, 1.165) is 18.4 Å². The summed E-state index contributed by atoms with van der Waals surface area (Å²) in [5.41, 5.74) is 0.810. The summed E-state index contributed by atoms with van der Waals surface area (Å²) in [5.74, 6) is 1.65. The SMILES string of the molecule is CC1(C)CN(CCCOc2cc3ncnc(Nc4ccc(F)c(Cl)c4)c3cc2OCC2CCCC2)CC(=O)O1. The number of hydrogen-bond acceptors (Lipinski definition) is 8. The average Bonchev–Trinajstić information content (AvgIpc) is 3.40. The Labute approximate surface area is 232 Å². The lowest BCUT2D eigenvalue weighted by atomic mass is 10.1. The number of aromatic nitrogens is 2. The van der Waals surface area contributed by atoms with Crippen LogP contribution in [0.15, 0.2) is 36.7 Å². The second-order valence-corrected chi connectivity index (χ2v) is 11.3. The van der Waals surface area contributed by atoms with Gasteiger partial charge in [-0.2, -0.15) is 0 Å². The van der Waals surface area contributed by atoms with Crippen LogP contribution in [0.5, 0.6) is 11.5 Å². The van der Waals surface area contributed by atoms with Crippen molar-refractivity contribution >= 4 is 40.0 Å². The lowest BCUT2D eigenvalue weighted by Gasteiger charge is -2.37. The number of esters is 1. The molecule has 10 heteroatoms. The van der Waals surface area contributed by atoms with E-state index in [1.807, 2.05) is 26.0 Å². The van der Waals surface area contributed by atoms with E-state index in [4.69, 9.17) is 25.8 Å². The molecule has 2 heterocycles. The van der Waals surface area contributed by atoms with Crippen LogP contribution in [-0.4, -0.2) is 59.3 Å². The molecule has 2 aromatic carbocycles. The van der Waals surface area contributed by atoms with E-state index in [2.05, 4.69) is 20.2 Å². The van der Waals surface area contributed by atoms with Crippen LogP contribution >= 0.6 is 11.6 Å². The smallest absolute Gasteiger partial charge is 0.320 e. The molecule has 5 rings (SSSR count). The highest BCUT2D eigenvalue weighted by molar-refractivity contribution is 6.31. The molecule has 1 aromatic heterocycles. The molecule has 1 aliphatic carbocycles. The molecule has 3 aromatic rings. The van der Waals surface area contributed by atoms with Gasteiger partial charge in [-0.15, -0.1) is 0 Å². The van der Waals surface area contributed by atoms with Crippen molar-refractivity contribution in [3.63, 3.8) is 0 Å². The maximum absolute atomic E-state index is 13.6. The highest BCUT2D eigenvalue weighted by Crippen LogP contribution is 2.36. The predicted octanol–water partition coefficient (Wildman–Crippen LogP) is 6.14. The van der Waals surface area contributed by atoms with E-state index in [9.17, 15) is 9.18 Å². The number of carbonyl (C=O) groups is 1. The normalized spacial score (nSPS) is 17.8. The lowest BCUT2D eigenvalue weighted by Crippen LogP contribution is -2.51. The molecule has 1 saturated carbocycles. The van der Waals surface area contributed by atoms with E-state index in [-0.39, 0.29) is 11.0 Å². The molecule has 1 N–H and O–H groups in total. The number of carbonyl (C=O) groups excluding carboxylic acids is 1. The highest BCUT2D eigenvalue weighted by Gasteiger charge is 2.32. The minimum Gasteiger partial charge on any atom is -0.490 e. The molecule has 0 unspecified atom stereocenters. The summed E-state index contributed by atoms with van der Waals surface area (Å²) in [5, 5.41) is 3.99. The Morgan fingerprint density at radius 2 is 1.95 bits per heavy atom. The summed E-state index contributed by atoms with van der Waals surface area (Å²) >= 11 is 5.97. The first-order chi connectivity index (χ1) is 18.8. The van der Waals surface area contributed by atoms with Crippen LogP contribution in [0.25, 0.3) is 10.9 Å². The molecular weight excluding hydrogens is 523 g/mol. The Bertz CT molecular complexity index is 1330. The first-order valence-electron chi connectivity index (χ1n) is 13.5. The molecule has 0 amide bonds. The second-order valence-electron chi connectivity index (χ2n) is 10.9. The number of rotatable bonds is 10. The van der Waals surface area contributed by atoms with Crippen LogP contribution in [0.2, 0.25) is 5.02 Å². The molecule has 2 fully saturated rings. The number of fused-ring (bicyclic) bond motifs is 1. The Hall–Kier alpha value is -3.17. The number of halogens is 2. The number of hydrogen-bond donors (Lipinski definition) is 1. The van der Waals surface area contributed by atoms with E-state index in [0.29, 0.717) is 60.7 Å². The van der Waals surface area contributed by atoms with Gasteiger partial charge < -0.3 is 19.5 Å². The maximum Gasteiger partial charge on any atom is 0.320 e. The van der Waals surface area contributed by atoms with E-state index >= 15 is 0 Å². The molecule has 1 aliphatic heterocycles. The summed E-state index contributed by atoms with van der Waals surface area (Å²) in [6.45, 7) is 6.63. The van der Waals surface area contributed by atoms with Gasteiger partial charge in [-0.3, -0.25) is 9.69 Å². The number of morpholine rings is 1. The largest absolute Gasteiger partial charge is 0.490 e. The minimum absolute atomic E-state index is 0.0274. The van der Waals surface area contributed by atoms with E-state index in [1.165, 1.54) is 44.1 Å². The quantitative estimate of drug-likeness (QED) is 0.235. The predicted molar refractivity (Wildman–Crippen MR) is 148 cm³/mol. The van der Waals surface area contributed by atoms with Crippen molar-refractivity contribution in [3.05, 3.63) is 47.5 Å². The van der Waals surface area contributed by atoms with Crippen molar-refractivity contribution in [2.75, 3.05) is 38.2 Å². The van der Waals surface area contributed by atoms with Gasteiger partial charge in [0.2, 0.25) is 0 Å². The maximum atomic E-state index is 13.6. The minimum atomic E-state index is -0.486. The monoisotopic (exact) mass is 556 g/mol. The summed E-state index contributed by atoms with van der Waals surface area (Å²) in [7, 11) is 0. The van der Waals surface area contributed by atoms with Gasteiger partial charge in [-0.25, -0.2) is 14.4 Å². The van der Waals surface area contributed by atoms with Crippen molar-refractivity contribution < 1.29 is 23.4 Å². The number of nitrogens with one attached hydrogen (secondary N) is 1. The number of nitrogens with zero attached hydrogens (tertiary/aromatic N) is 3. The van der Waals surface area contributed by atoms with Gasteiger partial charge in [0.1, 0.15) is 23.6 Å². The second kappa shape index (κ2) is 11.9. The van der Waals surface area contributed by atoms with Gasteiger partial charge in [0.05, 0.1) is 30.3 Å². The topological polar surface area (TPSA) is 85.8 Å². The molecule has 2 aliphatic rings. The molecule has 1 saturated heterocycles. The summed E-state index contributed by atoms with van der Waals surface area (Å²) in [6, 6.07) is 8.20. The number of ether oxygens (including phenoxy) is 3. The van der Waals surface area contributed by atoms with Gasteiger partial charge in [0.25, 0.3) is 0 Å². The third-order valence-corrected chi connectivity index (χ3v) is 7.35.